The molecule has 0 saturated carbocycles. The lowest BCUT2D eigenvalue weighted by Crippen LogP contribution is -2.49. The number of nitrogens with two attached hydrogens (primary N) is 1. The minimum absolute atomic E-state index is 0.0660. The number of hydrogen-bond donors (Lipinski definition) is 1. The summed E-state index contributed by atoms with van der Waals surface area (Å²) in [4.78, 5) is 26.5. The van der Waals surface area contributed by atoms with Gasteiger partial charge in [0.15, 0.2) is 11.5 Å². The highest BCUT2D eigenvalue weighted by molar-refractivity contribution is 5.93. The van der Waals surface area contributed by atoms with E-state index in [1.54, 1.807) is 12.3 Å². The topological polar surface area (TPSA) is 85.0 Å². The summed E-state index contributed by atoms with van der Waals surface area (Å²) in [6.45, 7) is 4.74. The fraction of sp³-hybridized carbons (Fsp3) is 0.200. The summed E-state index contributed by atoms with van der Waals surface area (Å²) in [5.41, 5.74) is 5.80. The summed E-state index contributed by atoms with van der Waals surface area (Å²) in [6.07, 6.45) is -2.82. The van der Waals surface area contributed by atoms with Crippen LogP contribution >= 0.6 is 0 Å². The zero-order valence-corrected chi connectivity index (χ0v) is 15.1. The average molecular weight is 399 g/mol. The molecule has 1 saturated heterocycles. The first-order chi connectivity index (χ1) is 13.7. The molecule has 1 amide bonds. The van der Waals surface area contributed by atoms with Crippen molar-refractivity contribution in [3.05, 3.63) is 60.3 Å². The van der Waals surface area contributed by atoms with Gasteiger partial charge < -0.3 is 10.6 Å². The van der Waals surface area contributed by atoms with Gasteiger partial charge in [-0.3, -0.25) is 4.79 Å². The van der Waals surface area contributed by atoms with Gasteiger partial charge in [-0.05, 0) is 24.3 Å². The molecule has 0 aliphatic carbocycles. The molecule has 0 bridgehead atoms. The van der Waals surface area contributed by atoms with Gasteiger partial charge in [0.05, 0.1) is 10.9 Å². The highest BCUT2D eigenvalue weighted by Gasteiger charge is 2.33. The maximum atomic E-state index is 12.8. The van der Waals surface area contributed by atoms with E-state index in [1.807, 2.05) is 11.0 Å². The standard InChI is InChI=1S/C20H16F3N5O/c1-11(16(24)29)13-9-28(10-13)19-15-3-2-8-25-18(15)26-17(27-19)12-4-6-14(7-5-12)20(21,22)23/h2-8,13H,1,9-10H2,(H2,24,29). The van der Waals surface area contributed by atoms with Gasteiger partial charge in [-0.1, -0.05) is 18.7 Å². The van der Waals surface area contributed by atoms with E-state index in [-0.39, 0.29) is 11.7 Å². The van der Waals surface area contributed by atoms with Crippen molar-refractivity contribution in [1.82, 2.24) is 15.0 Å². The normalized spacial score (nSPS) is 14.7. The third-order valence-electron chi connectivity index (χ3n) is 4.91. The maximum absolute atomic E-state index is 12.8. The zero-order chi connectivity index (χ0) is 20.8. The van der Waals surface area contributed by atoms with E-state index in [0.29, 0.717) is 41.1 Å². The van der Waals surface area contributed by atoms with Crippen LogP contribution in [0, 0.1) is 5.92 Å². The Morgan fingerprint density at radius 1 is 1.14 bits per heavy atom. The Balaban J connectivity index is 1.71. The third kappa shape index (κ3) is 3.51. The number of anilines is 1. The highest BCUT2D eigenvalue weighted by Crippen LogP contribution is 2.34. The van der Waals surface area contributed by atoms with Crippen molar-refractivity contribution in [2.75, 3.05) is 18.0 Å². The number of fused-ring (bicyclic) bond motifs is 1. The molecule has 3 aromatic rings. The molecule has 0 radical (unpaired) electrons. The van der Waals surface area contributed by atoms with Crippen molar-refractivity contribution in [1.29, 1.82) is 0 Å². The molecule has 2 aromatic heterocycles. The molecule has 0 spiro atoms. The second-order valence-corrected chi connectivity index (χ2v) is 6.81. The quantitative estimate of drug-likeness (QED) is 0.681. The number of benzene rings is 1. The zero-order valence-electron chi connectivity index (χ0n) is 15.1. The SMILES string of the molecule is C=C(C(N)=O)C1CN(c2nc(-c3ccc(C(F)(F)F)cc3)nc3ncccc23)C1. The van der Waals surface area contributed by atoms with Crippen LogP contribution in [0.3, 0.4) is 0 Å². The van der Waals surface area contributed by atoms with E-state index in [4.69, 9.17) is 5.73 Å². The van der Waals surface area contributed by atoms with Crippen molar-refractivity contribution in [2.45, 2.75) is 6.18 Å². The lowest BCUT2D eigenvalue weighted by Gasteiger charge is -2.40. The Labute approximate surface area is 163 Å². The minimum Gasteiger partial charge on any atom is -0.366 e. The van der Waals surface area contributed by atoms with Crippen LogP contribution in [0.5, 0.6) is 0 Å². The van der Waals surface area contributed by atoms with Crippen LogP contribution < -0.4 is 10.6 Å². The highest BCUT2D eigenvalue weighted by atomic mass is 19.4. The molecule has 2 N–H and O–H groups in total. The largest absolute Gasteiger partial charge is 0.416 e. The molecule has 4 rings (SSSR count). The van der Waals surface area contributed by atoms with E-state index >= 15 is 0 Å². The number of halogens is 3. The predicted molar refractivity (Wildman–Crippen MR) is 102 cm³/mol. The first-order valence-corrected chi connectivity index (χ1v) is 8.78. The first-order valence-electron chi connectivity index (χ1n) is 8.78. The van der Waals surface area contributed by atoms with Crippen molar-refractivity contribution in [2.24, 2.45) is 11.7 Å². The van der Waals surface area contributed by atoms with Crippen molar-refractivity contribution in [3.63, 3.8) is 0 Å². The van der Waals surface area contributed by atoms with E-state index in [2.05, 4.69) is 21.5 Å². The molecule has 1 aliphatic heterocycles. The number of primary amides is 1. The van der Waals surface area contributed by atoms with Crippen molar-refractivity contribution >= 4 is 22.8 Å². The molecule has 0 unspecified atom stereocenters. The Morgan fingerprint density at radius 3 is 2.45 bits per heavy atom. The number of aromatic nitrogens is 3. The molecule has 3 heterocycles. The van der Waals surface area contributed by atoms with Gasteiger partial charge in [-0.2, -0.15) is 13.2 Å². The Morgan fingerprint density at radius 2 is 1.83 bits per heavy atom. The Hall–Kier alpha value is -3.49. The van der Waals surface area contributed by atoms with Crippen molar-refractivity contribution in [3.8, 4) is 11.4 Å². The van der Waals surface area contributed by atoms with Gasteiger partial charge >= 0.3 is 6.18 Å². The van der Waals surface area contributed by atoms with Crippen LogP contribution in [0.1, 0.15) is 5.56 Å². The molecule has 29 heavy (non-hydrogen) atoms. The molecular formula is C20H16F3N5O. The number of nitrogens with zero attached hydrogens (tertiary/aromatic N) is 4. The Kier molecular flexibility index (Phi) is 4.45. The van der Waals surface area contributed by atoms with Crippen LogP contribution in [0.4, 0.5) is 19.0 Å². The third-order valence-corrected chi connectivity index (χ3v) is 4.91. The van der Waals surface area contributed by atoms with Gasteiger partial charge in [-0.15, -0.1) is 0 Å². The second-order valence-electron chi connectivity index (χ2n) is 6.81. The number of pyridine rings is 1. The van der Waals surface area contributed by atoms with Gasteiger partial charge in [0, 0.05) is 36.3 Å². The van der Waals surface area contributed by atoms with Gasteiger partial charge in [0.1, 0.15) is 5.82 Å². The second kappa shape index (κ2) is 6.84. The summed E-state index contributed by atoms with van der Waals surface area (Å²) < 4.78 is 38.5. The molecule has 6 nitrogen and oxygen atoms in total. The van der Waals surface area contributed by atoms with Gasteiger partial charge in [0.25, 0.3) is 0 Å². The Bertz CT molecular complexity index is 1110. The van der Waals surface area contributed by atoms with Crippen LogP contribution in [0.15, 0.2) is 54.7 Å². The lowest BCUT2D eigenvalue weighted by atomic mass is 9.91. The summed E-state index contributed by atoms with van der Waals surface area (Å²) in [5, 5.41) is 0.714. The van der Waals surface area contributed by atoms with Crippen molar-refractivity contribution < 1.29 is 18.0 Å². The molecule has 148 valence electrons. The van der Waals surface area contributed by atoms with E-state index < -0.39 is 17.6 Å². The summed E-state index contributed by atoms with van der Waals surface area (Å²) >= 11 is 0. The fourth-order valence-electron chi connectivity index (χ4n) is 3.20. The summed E-state index contributed by atoms with van der Waals surface area (Å²) in [5.74, 6) is 0.279. The molecule has 1 aliphatic rings. The number of alkyl halides is 3. The number of hydrogen-bond acceptors (Lipinski definition) is 5. The maximum Gasteiger partial charge on any atom is 0.416 e. The average Bonchev–Trinajstić information content (AvgIpc) is 2.66. The van der Waals surface area contributed by atoms with E-state index in [0.717, 1.165) is 12.1 Å². The minimum atomic E-state index is -4.41. The van der Waals surface area contributed by atoms with E-state index in [1.165, 1.54) is 12.1 Å². The van der Waals surface area contributed by atoms with Crippen LogP contribution in [0.25, 0.3) is 22.4 Å². The molecule has 1 fully saturated rings. The fourth-order valence-corrected chi connectivity index (χ4v) is 3.20. The predicted octanol–water partition coefficient (Wildman–Crippen LogP) is 3.19. The summed E-state index contributed by atoms with van der Waals surface area (Å²) in [6, 6.07) is 8.25. The van der Waals surface area contributed by atoms with Crippen LogP contribution in [-0.4, -0.2) is 33.9 Å². The molecule has 1 aromatic carbocycles. The molecule has 9 heteroatoms. The number of carbonyl (C=O) groups is 1. The van der Waals surface area contributed by atoms with Gasteiger partial charge in [-0.25, -0.2) is 15.0 Å². The smallest absolute Gasteiger partial charge is 0.366 e. The lowest BCUT2D eigenvalue weighted by molar-refractivity contribution is -0.137. The van der Waals surface area contributed by atoms with E-state index in [9.17, 15) is 18.0 Å². The molecule has 0 atom stereocenters. The summed E-state index contributed by atoms with van der Waals surface area (Å²) in [7, 11) is 0. The van der Waals surface area contributed by atoms with Crippen LogP contribution in [-0.2, 0) is 11.0 Å². The number of rotatable bonds is 4. The van der Waals surface area contributed by atoms with Gasteiger partial charge in [0.2, 0.25) is 5.91 Å². The number of carbonyl (C=O) groups excluding carboxylic acids is 1. The molecular weight excluding hydrogens is 383 g/mol. The van der Waals surface area contributed by atoms with Crippen LogP contribution in [0.2, 0.25) is 0 Å². The first kappa shape index (κ1) is 18.9. The number of amides is 1. The monoisotopic (exact) mass is 399 g/mol.